The van der Waals surface area contributed by atoms with E-state index in [1.54, 1.807) is 4.68 Å². The van der Waals surface area contributed by atoms with Gasteiger partial charge in [-0.15, -0.1) is 6.58 Å². The van der Waals surface area contributed by atoms with Gasteiger partial charge in [0, 0.05) is 49.1 Å². The molecule has 1 aromatic carbocycles. The van der Waals surface area contributed by atoms with Gasteiger partial charge in [0.2, 0.25) is 0 Å². The summed E-state index contributed by atoms with van der Waals surface area (Å²) >= 11 is 1.39. The molecule has 1 saturated carbocycles. The molecule has 1 amide bonds. The van der Waals surface area contributed by atoms with Crippen molar-refractivity contribution in [3.8, 4) is 5.19 Å². The molecule has 3 aromatic rings. The highest BCUT2D eigenvalue weighted by Crippen LogP contribution is 2.36. The average Bonchev–Trinajstić information content (AvgIpc) is 3.47. The van der Waals surface area contributed by atoms with Crippen LogP contribution in [0.25, 0.3) is 10.9 Å². The van der Waals surface area contributed by atoms with Crippen molar-refractivity contribution in [1.82, 2.24) is 25.0 Å². The van der Waals surface area contributed by atoms with Gasteiger partial charge in [-0.2, -0.15) is 5.10 Å². The van der Waals surface area contributed by atoms with Crippen LogP contribution >= 0.6 is 11.3 Å². The third-order valence-electron chi connectivity index (χ3n) is 7.72. The average molecular weight is 544 g/mol. The van der Waals surface area contributed by atoms with E-state index in [4.69, 9.17) is 4.74 Å². The number of ether oxygens (including phenoxy) is 1. The van der Waals surface area contributed by atoms with Crippen molar-refractivity contribution in [3.05, 3.63) is 53.2 Å². The Labute approximate surface area is 225 Å². The van der Waals surface area contributed by atoms with Gasteiger partial charge in [-0.3, -0.25) is 14.4 Å². The molecule has 1 fully saturated rings. The van der Waals surface area contributed by atoms with Crippen LogP contribution in [-0.4, -0.2) is 56.7 Å². The Morgan fingerprint density at radius 2 is 2.16 bits per heavy atom. The molecule has 0 unspecified atom stereocenters. The summed E-state index contributed by atoms with van der Waals surface area (Å²) in [5.74, 6) is -2.36. The molecule has 3 heterocycles. The Balaban J connectivity index is 1.10. The fourth-order valence-electron chi connectivity index (χ4n) is 5.48. The molecule has 1 aliphatic carbocycles. The Morgan fingerprint density at radius 1 is 1.37 bits per heavy atom. The van der Waals surface area contributed by atoms with E-state index in [9.17, 15) is 13.6 Å². The van der Waals surface area contributed by atoms with Gasteiger partial charge in [0.15, 0.2) is 6.61 Å². The lowest BCUT2D eigenvalue weighted by Gasteiger charge is -2.39. The number of benzene rings is 1. The number of nitrogens with one attached hydrogen (secondary N) is 1. The third kappa shape index (κ3) is 6.23. The minimum atomic E-state index is -2.86. The minimum Gasteiger partial charge on any atom is -0.464 e. The molecule has 2 aromatic heterocycles. The molecule has 1 N–H and O–H groups in total. The number of hydrogen-bond acceptors (Lipinski definition) is 6. The first kappa shape index (κ1) is 26.7. The van der Waals surface area contributed by atoms with E-state index in [0.717, 1.165) is 86.6 Å². The zero-order valence-electron chi connectivity index (χ0n) is 22.0. The van der Waals surface area contributed by atoms with Gasteiger partial charge in [-0.1, -0.05) is 23.5 Å². The van der Waals surface area contributed by atoms with E-state index in [1.165, 1.54) is 11.3 Å². The van der Waals surface area contributed by atoms with Gasteiger partial charge in [-0.05, 0) is 63.1 Å². The lowest BCUT2D eigenvalue weighted by Crippen LogP contribution is -2.49. The van der Waals surface area contributed by atoms with Crippen LogP contribution in [0.3, 0.4) is 0 Å². The number of carbonyl (C=O) groups is 1. The van der Waals surface area contributed by atoms with Gasteiger partial charge in [0.1, 0.15) is 0 Å². The largest absolute Gasteiger partial charge is 0.464 e. The summed E-state index contributed by atoms with van der Waals surface area (Å²) in [6, 6.07) is 5.62. The summed E-state index contributed by atoms with van der Waals surface area (Å²) in [6.45, 7) is 6.91. The van der Waals surface area contributed by atoms with Crippen LogP contribution in [0.1, 0.15) is 60.0 Å². The van der Waals surface area contributed by atoms with E-state index >= 15 is 0 Å². The SMILES string of the molecule is C=CC1(NC(=O)c2ccc3cn(C)nc3c2)CCC(CCN2CCc3sc(OCC(C)(F)F)nc3C2)CC1. The van der Waals surface area contributed by atoms with Crippen molar-refractivity contribution < 1.29 is 18.3 Å². The summed E-state index contributed by atoms with van der Waals surface area (Å²) in [7, 11) is 1.87. The molecule has 38 heavy (non-hydrogen) atoms. The molecule has 2 aliphatic rings. The number of halogens is 2. The number of hydrogen-bond donors (Lipinski definition) is 1. The number of thiazole rings is 1. The van der Waals surface area contributed by atoms with Gasteiger partial charge in [0.25, 0.3) is 17.0 Å². The van der Waals surface area contributed by atoms with Crippen LogP contribution in [0, 0.1) is 5.92 Å². The Kier molecular flexibility index (Phi) is 7.55. The minimum absolute atomic E-state index is 0.0886. The van der Waals surface area contributed by atoms with Gasteiger partial charge >= 0.3 is 0 Å². The first-order valence-electron chi connectivity index (χ1n) is 13.2. The molecular formula is C28H35F2N5O2S. The van der Waals surface area contributed by atoms with Crippen molar-refractivity contribution in [3.63, 3.8) is 0 Å². The number of aryl methyl sites for hydroxylation is 1. The van der Waals surface area contributed by atoms with Crippen molar-refractivity contribution in [1.29, 1.82) is 0 Å². The maximum atomic E-state index is 13.1. The maximum Gasteiger partial charge on any atom is 0.278 e. The van der Waals surface area contributed by atoms with Gasteiger partial charge in [-0.25, -0.2) is 13.8 Å². The van der Waals surface area contributed by atoms with Crippen LogP contribution in [0.2, 0.25) is 0 Å². The summed E-state index contributed by atoms with van der Waals surface area (Å²) in [4.78, 5) is 21.1. The predicted molar refractivity (Wildman–Crippen MR) is 145 cm³/mol. The van der Waals surface area contributed by atoms with Crippen molar-refractivity contribution in [2.45, 2.75) is 63.5 Å². The van der Waals surface area contributed by atoms with E-state index < -0.39 is 12.5 Å². The normalized spacial score (nSPS) is 22.3. The molecule has 10 heteroatoms. The number of aromatic nitrogens is 3. The highest BCUT2D eigenvalue weighted by molar-refractivity contribution is 7.13. The second kappa shape index (κ2) is 10.7. The summed E-state index contributed by atoms with van der Waals surface area (Å²) in [5.41, 5.74) is 1.99. The van der Waals surface area contributed by atoms with E-state index in [1.807, 2.05) is 37.5 Å². The summed E-state index contributed by atoms with van der Waals surface area (Å²) in [5, 5.41) is 9.03. The summed E-state index contributed by atoms with van der Waals surface area (Å²) < 4.78 is 33.2. The molecule has 1 aliphatic heterocycles. The Hall–Kier alpha value is -2.85. The fourth-order valence-corrected chi connectivity index (χ4v) is 6.38. The smallest absolute Gasteiger partial charge is 0.278 e. The number of amides is 1. The third-order valence-corrected chi connectivity index (χ3v) is 8.79. The lowest BCUT2D eigenvalue weighted by atomic mass is 9.75. The summed E-state index contributed by atoms with van der Waals surface area (Å²) in [6.07, 6.45) is 9.61. The Morgan fingerprint density at radius 3 is 2.89 bits per heavy atom. The zero-order chi connectivity index (χ0) is 26.9. The maximum absolute atomic E-state index is 13.1. The second-order valence-electron chi connectivity index (χ2n) is 10.9. The molecular weight excluding hydrogens is 508 g/mol. The molecule has 7 nitrogen and oxygen atoms in total. The van der Waals surface area contributed by atoms with E-state index in [-0.39, 0.29) is 11.4 Å². The monoisotopic (exact) mass is 543 g/mol. The van der Waals surface area contributed by atoms with Crippen molar-refractivity contribution >= 4 is 28.1 Å². The number of nitrogens with zero attached hydrogens (tertiary/aromatic N) is 4. The molecule has 0 spiro atoms. The van der Waals surface area contributed by atoms with Crippen LogP contribution in [-0.2, 0) is 20.0 Å². The zero-order valence-corrected chi connectivity index (χ0v) is 22.8. The first-order chi connectivity index (χ1) is 18.1. The van der Waals surface area contributed by atoms with Crippen LogP contribution in [0.5, 0.6) is 5.19 Å². The van der Waals surface area contributed by atoms with E-state index in [0.29, 0.717) is 16.7 Å². The first-order valence-corrected chi connectivity index (χ1v) is 14.0. The number of carbonyl (C=O) groups excluding carboxylic acids is 1. The molecule has 0 saturated heterocycles. The van der Waals surface area contributed by atoms with E-state index in [2.05, 4.69) is 26.9 Å². The Bertz CT molecular complexity index is 1310. The standard InChI is InChI=1S/C28H35F2N5O2S/c1-4-28(32-25(36)20-5-6-21-16-34(3)33-22(21)15-20)11-7-19(8-12-28)9-13-35-14-10-24-23(17-35)31-26(38-24)37-18-27(2,29)30/h4-6,15-16,19H,1,7-14,17-18H2,2-3H3,(H,32,36). The number of rotatable bonds is 9. The quantitative estimate of drug-likeness (QED) is 0.368. The van der Waals surface area contributed by atoms with Gasteiger partial charge < -0.3 is 10.1 Å². The van der Waals surface area contributed by atoms with Gasteiger partial charge in [0.05, 0.1) is 16.7 Å². The number of fused-ring (bicyclic) bond motifs is 2. The van der Waals surface area contributed by atoms with Crippen LogP contribution in [0.4, 0.5) is 8.78 Å². The van der Waals surface area contributed by atoms with Crippen molar-refractivity contribution in [2.75, 3.05) is 19.7 Å². The molecule has 5 rings (SSSR count). The highest BCUT2D eigenvalue weighted by atomic mass is 32.1. The fraction of sp³-hybridized carbons (Fsp3) is 0.536. The molecule has 204 valence electrons. The molecule has 0 radical (unpaired) electrons. The highest BCUT2D eigenvalue weighted by Gasteiger charge is 2.34. The second-order valence-corrected chi connectivity index (χ2v) is 11.9. The lowest BCUT2D eigenvalue weighted by molar-refractivity contribution is -0.0230. The predicted octanol–water partition coefficient (Wildman–Crippen LogP) is 5.36. The topological polar surface area (TPSA) is 72.3 Å². The molecule has 0 bridgehead atoms. The number of alkyl halides is 2. The molecule has 0 atom stereocenters. The van der Waals surface area contributed by atoms with Crippen LogP contribution in [0.15, 0.2) is 37.1 Å². The van der Waals surface area contributed by atoms with Crippen LogP contribution < -0.4 is 10.1 Å². The van der Waals surface area contributed by atoms with Crippen molar-refractivity contribution in [2.24, 2.45) is 13.0 Å².